The lowest BCUT2D eigenvalue weighted by atomic mass is 10.0. The third-order valence-electron chi connectivity index (χ3n) is 3.91. The van der Waals surface area contributed by atoms with Crippen molar-refractivity contribution in [2.24, 2.45) is 5.16 Å². The van der Waals surface area contributed by atoms with E-state index in [9.17, 15) is 9.90 Å². The Labute approximate surface area is 174 Å². The van der Waals surface area contributed by atoms with Crippen LogP contribution in [0.4, 0.5) is 0 Å². The molecule has 0 heterocycles. The van der Waals surface area contributed by atoms with Crippen LogP contribution in [-0.2, 0) is 27.4 Å². The Kier molecular flexibility index (Phi) is 8.30. The number of oxime groups is 1. The quantitative estimate of drug-likeness (QED) is 0.435. The molecule has 28 heavy (non-hydrogen) atoms. The summed E-state index contributed by atoms with van der Waals surface area (Å²) >= 11 is 12.0. The first-order valence-corrected chi connectivity index (χ1v) is 9.60. The highest BCUT2D eigenvalue weighted by Crippen LogP contribution is 2.21. The van der Waals surface area contributed by atoms with E-state index in [4.69, 9.17) is 32.8 Å². The average molecular weight is 424 g/mol. The Hall–Kier alpha value is -2.08. The summed E-state index contributed by atoms with van der Waals surface area (Å²) in [5.74, 6) is -0.979. The standard InChI is InChI=1S/C21H23Cl2NO4/c1-13(2)28-20(21(25)26)10-15-5-4-6-16(9-15)14(3)24-27-12-17-7-8-18(22)11-19(17)23/h4-9,11,13,20H,10,12H2,1-3H3,(H,25,26)/b24-14+. The van der Waals surface area contributed by atoms with Crippen molar-refractivity contribution in [2.75, 3.05) is 0 Å². The second kappa shape index (κ2) is 10.5. The number of halogens is 2. The number of hydrogen-bond donors (Lipinski definition) is 1. The molecule has 0 aromatic heterocycles. The lowest BCUT2D eigenvalue weighted by molar-refractivity contribution is -0.153. The summed E-state index contributed by atoms with van der Waals surface area (Å²) in [6.45, 7) is 5.67. The second-order valence-corrected chi connectivity index (χ2v) is 7.45. The van der Waals surface area contributed by atoms with Crippen LogP contribution in [0, 0.1) is 0 Å². The van der Waals surface area contributed by atoms with Crippen molar-refractivity contribution in [2.45, 2.75) is 46.0 Å². The van der Waals surface area contributed by atoms with E-state index in [0.29, 0.717) is 15.8 Å². The number of carboxylic acids is 1. The van der Waals surface area contributed by atoms with E-state index < -0.39 is 12.1 Å². The van der Waals surface area contributed by atoms with Crippen LogP contribution in [0.2, 0.25) is 10.0 Å². The first kappa shape index (κ1) is 22.2. The minimum atomic E-state index is -0.979. The molecule has 2 aromatic carbocycles. The molecule has 0 bridgehead atoms. The smallest absolute Gasteiger partial charge is 0.333 e. The monoisotopic (exact) mass is 423 g/mol. The highest BCUT2D eigenvalue weighted by Gasteiger charge is 2.20. The Morgan fingerprint density at radius 1 is 1.18 bits per heavy atom. The minimum Gasteiger partial charge on any atom is -0.479 e. The molecule has 0 aliphatic carbocycles. The molecule has 0 saturated heterocycles. The predicted molar refractivity (Wildman–Crippen MR) is 111 cm³/mol. The number of rotatable bonds is 9. The predicted octanol–water partition coefficient (Wildman–Crippen LogP) is 5.35. The van der Waals surface area contributed by atoms with Crippen LogP contribution in [0.5, 0.6) is 0 Å². The topological polar surface area (TPSA) is 68.1 Å². The maximum atomic E-state index is 11.4. The molecule has 150 valence electrons. The van der Waals surface area contributed by atoms with E-state index in [1.54, 1.807) is 18.2 Å². The molecule has 0 aliphatic rings. The molecule has 0 radical (unpaired) electrons. The van der Waals surface area contributed by atoms with Gasteiger partial charge >= 0.3 is 5.97 Å². The third-order valence-corrected chi connectivity index (χ3v) is 4.50. The van der Waals surface area contributed by atoms with Crippen LogP contribution >= 0.6 is 23.2 Å². The molecular formula is C21H23Cl2NO4. The number of carboxylic acid groups (broad SMARTS) is 1. The zero-order chi connectivity index (χ0) is 20.7. The van der Waals surface area contributed by atoms with Gasteiger partial charge in [0.2, 0.25) is 0 Å². The lowest BCUT2D eigenvalue weighted by Gasteiger charge is -2.16. The Morgan fingerprint density at radius 2 is 1.93 bits per heavy atom. The van der Waals surface area contributed by atoms with Crippen molar-refractivity contribution >= 4 is 34.9 Å². The summed E-state index contributed by atoms with van der Waals surface area (Å²) < 4.78 is 5.47. The first-order valence-electron chi connectivity index (χ1n) is 8.84. The number of nitrogens with zero attached hydrogens (tertiary/aromatic N) is 1. The zero-order valence-electron chi connectivity index (χ0n) is 16.0. The number of ether oxygens (including phenoxy) is 1. The van der Waals surface area contributed by atoms with E-state index in [2.05, 4.69) is 5.16 Å². The van der Waals surface area contributed by atoms with Gasteiger partial charge in [0.1, 0.15) is 6.61 Å². The molecule has 0 fully saturated rings. The summed E-state index contributed by atoms with van der Waals surface area (Å²) in [5.41, 5.74) is 3.14. The third kappa shape index (κ3) is 6.82. The van der Waals surface area contributed by atoms with Crippen LogP contribution in [0.15, 0.2) is 47.6 Å². The van der Waals surface area contributed by atoms with Crippen LogP contribution < -0.4 is 0 Å². The fourth-order valence-corrected chi connectivity index (χ4v) is 3.01. The zero-order valence-corrected chi connectivity index (χ0v) is 17.5. The van der Waals surface area contributed by atoms with Gasteiger partial charge in [-0.25, -0.2) is 4.79 Å². The van der Waals surface area contributed by atoms with E-state index >= 15 is 0 Å². The van der Waals surface area contributed by atoms with Gasteiger partial charge in [0.15, 0.2) is 6.10 Å². The van der Waals surface area contributed by atoms with Crippen LogP contribution in [0.3, 0.4) is 0 Å². The van der Waals surface area contributed by atoms with Crippen molar-refractivity contribution in [3.8, 4) is 0 Å². The minimum absolute atomic E-state index is 0.166. The molecule has 2 aromatic rings. The normalized spacial score (nSPS) is 12.9. The van der Waals surface area contributed by atoms with Gasteiger partial charge in [0, 0.05) is 22.0 Å². The van der Waals surface area contributed by atoms with Gasteiger partial charge in [-0.1, -0.05) is 52.6 Å². The Bertz CT molecular complexity index is 852. The van der Waals surface area contributed by atoms with Crippen molar-refractivity contribution < 1.29 is 19.5 Å². The van der Waals surface area contributed by atoms with Gasteiger partial charge in [0.25, 0.3) is 0 Å². The molecule has 1 N–H and O–H groups in total. The fourth-order valence-electron chi connectivity index (χ4n) is 2.55. The largest absolute Gasteiger partial charge is 0.479 e. The van der Waals surface area contributed by atoms with Crippen molar-refractivity contribution in [3.05, 3.63) is 69.2 Å². The molecule has 1 unspecified atom stereocenters. The number of aliphatic carboxylic acids is 1. The summed E-state index contributed by atoms with van der Waals surface area (Å²) in [7, 11) is 0. The molecular weight excluding hydrogens is 401 g/mol. The van der Waals surface area contributed by atoms with Crippen LogP contribution in [-0.4, -0.2) is 29.0 Å². The molecule has 0 saturated carbocycles. The summed E-state index contributed by atoms with van der Waals surface area (Å²) in [4.78, 5) is 16.8. The van der Waals surface area contributed by atoms with E-state index in [1.807, 2.05) is 45.0 Å². The molecule has 0 aliphatic heterocycles. The fraction of sp³-hybridized carbons (Fsp3) is 0.333. The van der Waals surface area contributed by atoms with E-state index in [1.165, 1.54) is 0 Å². The van der Waals surface area contributed by atoms with E-state index in [-0.39, 0.29) is 19.1 Å². The van der Waals surface area contributed by atoms with Crippen molar-refractivity contribution in [3.63, 3.8) is 0 Å². The maximum absolute atomic E-state index is 11.4. The van der Waals surface area contributed by atoms with Crippen LogP contribution in [0.1, 0.15) is 37.5 Å². The molecule has 5 nitrogen and oxygen atoms in total. The number of carbonyl (C=O) groups is 1. The molecule has 7 heteroatoms. The van der Waals surface area contributed by atoms with Gasteiger partial charge in [0.05, 0.1) is 11.8 Å². The Morgan fingerprint density at radius 3 is 2.57 bits per heavy atom. The van der Waals surface area contributed by atoms with E-state index in [0.717, 1.165) is 16.7 Å². The lowest BCUT2D eigenvalue weighted by Crippen LogP contribution is -2.29. The summed E-state index contributed by atoms with van der Waals surface area (Å²) in [6.07, 6.45) is -0.785. The van der Waals surface area contributed by atoms with Gasteiger partial charge < -0.3 is 14.7 Å². The maximum Gasteiger partial charge on any atom is 0.333 e. The van der Waals surface area contributed by atoms with Gasteiger partial charge in [-0.05, 0) is 50.1 Å². The van der Waals surface area contributed by atoms with Crippen molar-refractivity contribution in [1.29, 1.82) is 0 Å². The summed E-state index contributed by atoms with van der Waals surface area (Å²) in [6, 6.07) is 12.7. The number of hydrogen-bond acceptors (Lipinski definition) is 4. The molecule has 1 atom stereocenters. The average Bonchev–Trinajstić information content (AvgIpc) is 2.62. The van der Waals surface area contributed by atoms with Gasteiger partial charge in [-0.3, -0.25) is 0 Å². The molecule has 2 rings (SSSR count). The van der Waals surface area contributed by atoms with Gasteiger partial charge in [-0.15, -0.1) is 0 Å². The number of benzene rings is 2. The Balaban J connectivity index is 2.05. The molecule has 0 amide bonds. The highest BCUT2D eigenvalue weighted by atomic mass is 35.5. The van der Waals surface area contributed by atoms with Gasteiger partial charge in [-0.2, -0.15) is 0 Å². The van der Waals surface area contributed by atoms with Crippen molar-refractivity contribution in [1.82, 2.24) is 0 Å². The SMILES string of the molecule is C/C(=N\OCc1ccc(Cl)cc1Cl)c1cccc(CC(OC(C)C)C(=O)O)c1. The molecule has 0 spiro atoms. The second-order valence-electron chi connectivity index (χ2n) is 6.60. The summed E-state index contributed by atoms with van der Waals surface area (Å²) in [5, 5.41) is 14.6. The first-order chi connectivity index (χ1) is 13.3. The highest BCUT2D eigenvalue weighted by molar-refractivity contribution is 6.35. The van der Waals surface area contributed by atoms with Crippen LogP contribution in [0.25, 0.3) is 0 Å².